The Bertz CT molecular complexity index is 312. The molecule has 0 saturated carbocycles. The average Bonchev–Trinajstić information content (AvgIpc) is 2.17. The smallest absolute Gasteiger partial charge is 0.0453 e. The molecule has 0 aliphatic rings. The lowest BCUT2D eigenvalue weighted by Gasteiger charge is -2.13. The first kappa shape index (κ1) is 12.8. The number of hydrogen-bond acceptors (Lipinski definition) is 1. The normalized spacial score (nSPS) is 12.8. The molecule has 0 bridgehead atoms. The van der Waals surface area contributed by atoms with Gasteiger partial charge in [-0.25, -0.2) is 0 Å². The van der Waals surface area contributed by atoms with Gasteiger partial charge in [0.15, 0.2) is 0 Å². The fourth-order valence-electron chi connectivity index (χ4n) is 1.35. The monoisotopic (exact) mass is 245 g/mol. The van der Waals surface area contributed by atoms with Gasteiger partial charge < -0.3 is 5.32 Å². The van der Waals surface area contributed by atoms with E-state index in [1.54, 1.807) is 0 Å². The van der Waals surface area contributed by atoms with E-state index in [4.69, 9.17) is 23.2 Å². The van der Waals surface area contributed by atoms with Crippen molar-refractivity contribution in [3.05, 3.63) is 34.3 Å². The summed E-state index contributed by atoms with van der Waals surface area (Å²) in [5.74, 6) is 0.690. The van der Waals surface area contributed by atoms with Crippen LogP contribution in [0.15, 0.2) is 18.2 Å². The van der Waals surface area contributed by atoms with E-state index in [1.807, 2.05) is 13.0 Å². The van der Waals surface area contributed by atoms with Crippen LogP contribution < -0.4 is 5.32 Å². The predicted octanol–water partition coefficient (Wildman–Crippen LogP) is 3.76. The standard InChI is InChI=1S/C12H17Cl2N/c1-9-3-4-11(12(14)7-9)8-15-10(2)5-6-13/h3-4,7,10,15H,5-6,8H2,1-2H3. The predicted molar refractivity (Wildman–Crippen MR) is 67.8 cm³/mol. The second-order valence-electron chi connectivity index (χ2n) is 3.85. The summed E-state index contributed by atoms with van der Waals surface area (Å²) < 4.78 is 0. The van der Waals surface area contributed by atoms with Crippen LogP contribution in [-0.4, -0.2) is 11.9 Å². The van der Waals surface area contributed by atoms with Gasteiger partial charge in [0.25, 0.3) is 0 Å². The van der Waals surface area contributed by atoms with Gasteiger partial charge in [-0.3, -0.25) is 0 Å². The van der Waals surface area contributed by atoms with Crippen LogP contribution in [-0.2, 0) is 6.54 Å². The van der Waals surface area contributed by atoms with Crippen molar-refractivity contribution in [3.8, 4) is 0 Å². The van der Waals surface area contributed by atoms with Crippen LogP contribution in [0.25, 0.3) is 0 Å². The lowest BCUT2D eigenvalue weighted by molar-refractivity contribution is 0.536. The first-order valence-corrected chi connectivity index (χ1v) is 6.09. The molecule has 0 aromatic heterocycles. The van der Waals surface area contributed by atoms with E-state index in [2.05, 4.69) is 24.4 Å². The van der Waals surface area contributed by atoms with Crippen LogP contribution in [0.4, 0.5) is 0 Å². The molecule has 1 rings (SSSR count). The molecule has 3 heteroatoms. The average molecular weight is 246 g/mol. The van der Waals surface area contributed by atoms with Crippen LogP contribution >= 0.6 is 23.2 Å². The molecule has 0 heterocycles. The van der Waals surface area contributed by atoms with Gasteiger partial charge in [-0.2, -0.15) is 0 Å². The Labute approximate surface area is 102 Å². The number of aryl methyl sites for hydroxylation is 1. The molecule has 1 aromatic rings. The largest absolute Gasteiger partial charge is 0.310 e. The summed E-state index contributed by atoms with van der Waals surface area (Å²) in [7, 11) is 0. The van der Waals surface area contributed by atoms with Crippen molar-refractivity contribution < 1.29 is 0 Å². The Hall–Kier alpha value is -0.240. The Morgan fingerprint density at radius 3 is 2.73 bits per heavy atom. The minimum absolute atomic E-state index is 0.430. The van der Waals surface area contributed by atoms with Gasteiger partial charge >= 0.3 is 0 Å². The van der Waals surface area contributed by atoms with Gasteiger partial charge in [-0.1, -0.05) is 23.7 Å². The molecule has 15 heavy (non-hydrogen) atoms. The van der Waals surface area contributed by atoms with Crippen molar-refractivity contribution in [2.24, 2.45) is 0 Å². The highest BCUT2D eigenvalue weighted by atomic mass is 35.5. The van der Waals surface area contributed by atoms with E-state index in [0.717, 1.165) is 23.6 Å². The van der Waals surface area contributed by atoms with Crippen molar-refractivity contribution in [3.63, 3.8) is 0 Å². The molecule has 0 spiro atoms. The molecule has 1 N–H and O–H groups in total. The molecule has 0 aliphatic heterocycles. The second kappa shape index (κ2) is 6.37. The zero-order valence-electron chi connectivity index (χ0n) is 9.19. The van der Waals surface area contributed by atoms with Gasteiger partial charge in [-0.15, -0.1) is 11.6 Å². The van der Waals surface area contributed by atoms with E-state index in [9.17, 15) is 0 Å². The highest BCUT2D eigenvalue weighted by molar-refractivity contribution is 6.31. The first-order valence-electron chi connectivity index (χ1n) is 5.18. The summed E-state index contributed by atoms with van der Waals surface area (Å²) in [4.78, 5) is 0. The van der Waals surface area contributed by atoms with Crippen LogP contribution in [0.2, 0.25) is 5.02 Å². The first-order chi connectivity index (χ1) is 7.13. The lowest BCUT2D eigenvalue weighted by atomic mass is 10.1. The molecule has 1 nitrogen and oxygen atoms in total. The maximum Gasteiger partial charge on any atom is 0.0453 e. The second-order valence-corrected chi connectivity index (χ2v) is 4.64. The quantitative estimate of drug-likeness (QED) is 0.780. The van der Waals surface area contributed by atoms with Crippen molar-refractivity contribution in [1.29, 1.82) is 0 Å². The van der Waals surface area contributed by atoms with Gasteiger partial charge in [0.05, 0.1) is 0 Å². The van der Waals surface area contributed by atoms with Gasteiger partial charge in [-0.05, 0) is 37.5 Å². The number of nitrogens with one attached hydrogen (secondary N) is 1. The zero-order valence-corrected chi connectivity index (χ0v) is 10.7. The molecule has 1 atom stereocenters. The summed E-state index contributed by atoms with van der Waals surface area (Å²) >= 11 is 11.8. The van der Waals surface area contributed by atoms with E-state index < -0.39 is 0 Å². The summed E-state index contributed by atoms with van der Waals surface area (Å²) in [5, 5.41) is 4.23. The third-order valence-corrected chi connectivity index (χ3v) is 2.96. The molecule has 0 amide bonds. The van der Waals surface area contributed by atoms with Gasteiger partial charge in [0.2, 0.25) is 0 Å². The molecule has 1 unspecified atom stereocenters. The van der Waals surface area contributed by atoms with Crippen molar-refractivity contribution in [2.45, 2.75) is 32.9 Å². The summed E-state index contributed by atoms with van der Waals surface area (Å²) in [5.41, 5.74) is 2.33. The fraction of sp³-hybridized carbons (Fsp3) is 0.500. The topological polar surface area (TPSA) is 12.0 Å². The molecule has 0 fully saturated rings. The van der Waals surface area contributed by atoms with Crippen molar-refractivity contribution >= 4 is 23.2 Å². The van der Waals surface area contributed by atoms with E-state index >= 15 is 0 Å². The number of benzene rings is 1. The summed E-state index contributed by atoms with van der Waals surface area (Å²) in [6, 6.07) is 6.57. The molecular weight excluding hydrogens is 229 g/mol. The van der Waals surface area contributed by atoms with E-state index in [-0.39, 0.29) is 0 Å². The number of hydrogen-bond donors (Lipinski definition) is 1. The van der Waals surface area contributed by atoms with Crippen LogP contribution in [0.5, 0.6) is 0 Å². The van der Waals surface area contributed by atoms with E-state index in [1.165, 1.54) is 5.56 Å². The van der Waals surface area contributed by atoms with Crippen LogP contribution in [0, 0.1) is 6.92 Å². The van der Waals surface area contributed by atoms with Crippen molar-refractivity contribution in [1.82, 2.24) is 5.32 Å². The van der Waals surface area contributed by atoms with Gasteiger partial charge in [0, 0.05) is 23.5 Å². The third-order valence-electron chi connectivity index (χ3n) is 2.39. The molecule has 0 radical (unpaired) electrons. The highest BCUT2D eigenvalue weighted by Gasteiger charge is 2.03. The molecule has 0 aliphatic carbocycles. The molecule has 84 valence electrons. The molecule has 0 saturated heterocycles. The molecular formula is C12H17Cl2N. The minimum Gasteiger partial charge on any atom is -0.310 e. The van der Waals surface area contributed by atoms with Crippen LogP contribution in [0.1, 0.15) is 24.5 Å². The SMILES string of the molecule is Cc1ccc(CNC(C)CCCl)c(Cl)c1. The number of halogens is 2. The van der Waals surface area contributed by atoms with Gasteiger partial charge in [0.1, 0.15) is 0 Å². The van der Waals surface area contributed by atoms with E-state index in [0.29, 0.717) is 11.9 Å². The number of alkyl halides is 1. The minimum atomic E-state index is 0.430. The summed E-state index contributed by atoms with van der Waals surface area (Å²) in [6.45, 7) is 4.97. The maximum atomic E-state index is 6.12. The highest BCUT2D eigenvalue weighted by Crippen LogP contribution is 2.17. The van der Waals surface area contributed by atoms with Crippen LogP contribution in [0.3, 0.4) is 0 Å². The number of rotatable bonds is 5. The molecule has 1 aromatic carbocycles. The Morgan fingerprint density at radius 2 is 2.13 bits per heavy atom. The Balaban J connectivity index is 2.50. The fourth-order valence-corrected chi connectivity index (χ4v) is 1.97. The third kappa shape index (κ3) is 4.42. The van der Waals surface area contributed by atoms with Crippen molar-refractivity contribution in [2.75, 3.05) is 5.88 Å². The lowest BCUT2D eigenvalue weighted by Crippen LogP contribution is -2.25. The Kier molecular flexibility index (Phi) is 5.44. The maximum absolute atomic E-state index is 6.12. The summed E-state index contributed by atoms with van der Waals surface area (Å²) in [6.07, 6.45) is 0.977. The Morgan fingerprint density at radius 1 is 1.40 bits per heavy atom. The zero-order chi connectivity index (χ0) is 11.3.